The maximum absolute atomic E-state index is 10.3. The predicted molar refractivity (Wildman–Crippen MR) is 58.3 cm³/mol. The predicted octanol–water partition coefficient (Wildman–Crippen LogP) is 2.18. The molecule has 2 nitrogen and oxygen atoms in total. The van der Waals surface area contributed by atoms with E-state index < -0.39 is 0 Å². The number of pyridine rings is 1. The number of rotatable bonds is 3. The van der Waals surface area contributed by atoms with Gasteiger partial charge in [0, 0.05) is 12.4 Å². The highest BCUT2D eigenvalue weighted by Gasteiger charge is 2.64. The van der Waals surface area contributed by atoms with Crippen LogP contribution in [0.4, 0.5) is 0 Å². The lowest BCUT2D eigenvalue weighted by Crippen LogP contribution is -2.16. The van der Waals surface area contributed by atoms with Gasteiger partial charge in [-0.2, -0.15) is 0 Å². The third-order valence-corrected chi connectivity index (χ3v) is 4.23. The average Bonchev–Trinajstić information content (AvgIpc) is 2.71. The van der Waals surface area contributed by atoms with E-state index in [-0.39, 0.29) is 5.60 Å². The molecule has 2 aliphatic rings. The fraction of sp³-hybridized carbons (Fsp3) is 0.615. The van der Waals surface area contributed by atoms with Crippen LogP contribution in [0.25, 0.3) is 0 Å². The number of aromatic nitrogens is 1. The molecule has 1 aromatic rings. The highest BCUT2D eigenvalue weighted by atomic mass is 16.3. The average molecular weight is 203 g/mol. The van der Waals surface area contributed by atoms with Gasteiger partial charge in [-0.05, 0) is 49.1 Å². The van der Waals surface area contributed by atoms with Gasteiger partial charge in [0.2, 0.25) is 0 Å². The van der Waals surface area contributed by atoms with Crippen LogP contribution in [-0.4, -0.2) is 15.7 Å². The molecular formula is C13H17NO. The molecule has 2 unspecified atom stereocenters. The van der Waals surface area contributed by atoms with Crippen molar-refractivity contribution in [2.24, 2.45) is 11.8 Å². The van der Waals surface area contributed by atoms with E-state index in [1.165, 1.54) is 24.8 Å². The Morgan fingerprint density at radius 2 is 2.20 bits per heavy atom. The Labute approximate surface area is 90.4 Å². The molecule has 15 heavy (non-hydrogen) atoms. The number of hydrogen-bond donors (Lipinski definition) is 1. The summed E-state index contributed by atoms with van der Waals surface area (Å²) < 4.78 is 0. The van der Waals surface area contributed by atoms with Crippen molar-refractivity contribution >= 4 is 0 Å². The lowest BCUT2D eigenvalue weighted by molar-refractivity contribution is 0.0970. The maximum atomic E-state index is 10.3. The van der Waals surface area contributed by atoms with Gasteiger partial charge in [0.25, 0.3) is 0 Å². The molecule has 1 aromatic heterocycles. The second-order valence-electron chi connectivity index (χ2n) is 5.00. The van der Waals surface area contributed by atoms with Gasteiger partial charge in [0.1, 0.15) is 0 Å². The van der Waals surface area contributed by atoms with Gasteiger partial charge in [-0.25, -0.2) is 0 Å². The second-order valence-corrected chi connectivity index (χ2v) is 5.00. The van der Waals surface area contributed by atoms with Crippen LogP contribution in [0, 0.1) is 11.8 Å². The molecule has 2 fully saturated rings. The SMILES string of the molecule is OC1(CCc2cccnc2)C2CCCC21. The monoisotopic (exact) mass is 203 g/mol. The molecule has 1 heterocycles. The van der Waals surface area contributed by atoms with Gasteiger partial charge in [-0.3, -0.25) is 4.98 Å². The minimum atomic E-state index is -0.311. The summed E-state index contributed by atoms with van der Waals surface area (Å²) in [6, 6.07) is 4.06. The maximum Gasteiger partial charge on any atom is 0.0714 e. The highest BCUT2D eigenvalue weighted by Crippen LogP contribution is 2.62. The molecular weight excluding hydrogens is 186 g/mol. The van der Waals surface area contributed by atoms with Gasteiger partial charge in [-0.1, -0.05) is 12.5 Å². The molecule has 0 aliphatic heterocycles. The van der Waals surface area contributed by atoms with E-state index >= 15 is 0 Å². The number of aryl methyl sites for hydroxylation is 1. The highest BCUT2D eigenvalue weighted by molar-refractivity contribution is 5.17. The van der Waals surface area contributed by atoms with Crippen LogP contribution in [-0.2, 0) is 6.42 Å². The molecule has 2 saturated carbocycles. The molecule has 0 aromatic carbocycles. The van der Waals surface area contributed by atoms with Crippen LogP contribution >= 0.6 is 0 Å². The molecule has 2 atom stereocenters. The summed E-state index contributed by atoms with van der Waals surface area (Å²) in [6.45, 7) is 0. The molecule has 2 heteroatoms. The molecule has 1 N–H and O–H groups in total. The van der Waals surface area contributed by atoms with Crippen molar-refractivity contribution < 1.29 is 5.11 Å². The summed E-state index contributed by atoms with van der Waals surface area (Å²) in [5.74, 6) is 1.24. The summed E-state index contributed by atoms with van der Waals surface area (Å²) >= 11 is 0. The second kappa shape index (κ2) is 3.31. The van der Waals surface area contributed by atoms with Crippen molar-refractivity contribution in [3.63, 3.8) is 0 Å². The van der Waals surface area contributed by atoms with E-state index in [2.05, 4.69) is 11.1 Å². The Bertz CT molecular complexity index is 339. The van der Waals surface area contributed by atoms with Crippen LogP contribution in [0.3, 0.4) is 0 Å². The topological polar surface area (TPSA) is 33.1 Å². The van der Waals surface area contributed by atoms with Crippen LogP contribution in [0.1, 0.15) is 31.2 Å². The molecule has 0 saturated heterocycles. The number of hydrogen-bond acceptors (Lipinski definition) is 2. The first-order valence-electron chi connectivity index (χ1n) is 5.92. The third-order valence-electron chi connectivity index (χ3n) is 4.23. The summed E-state index contributed by atoms with van der Waals surface area (Å²) in [4.78, 5) is 4.10. The van der Waals surface area contributed by atoms with Crippen LogP contribution < -0.4 is 0 Å². The quantitative estimate of drug-likeness (QED) is 0.816. The largest absolute Gasteiger partial charge is 0.389 e. The summed E-state index contributed by atoms with van der Waals surface area (Å²) in [7, 11) is 0. The molecule has 3 rings (SSSR count). The van der Waals surface area contributed by atoms with E-state index in [9.17, 15) is 5.11 Å². The molecule has 80 valence electrons. The Morgan fingerprint density at radius 3 is 2.87 bits per heavy atom. The Hall–Kier alpha value is -0.890. The minimum absolute atomic E-state index is 0.311. The van der Waals surface area contributed by atoms with Gasteiger partial charge in [0.05, 0.1) is 5.60 Å². The smallest absolute Gasteiger partial charge is 0.0714 e. The zero-order valence-corrected chi connectivity index (χ0v) is 8.89. The molecule has 0 amide bonds. The van der Waals surface area contributed by atoms with E-state index in [0.29, 0.717) is 11.8 Å². The van der Waals surface area contributed by atoms with Gasteiger partial charge in [-0.15, -0.1) is 0 Å². The summed E-state index contributed by atoms with van der Waals surface area (Å²) in [5.41, 5.74) is 0.935. The van der Waals surface area contributed by atoms with E-state index in [1.54, 1.807) is 6.20 Å². The first-order valence-corrected chi connectivity index (χ1v) is 5.92. The van der Waals surface area contributed by atoms with Crippen molar-refractivity contribution in [1.82, 2.24) is 4.98 Å². The van der Waals surface area contributed by atoms with E-state index in [4.69, 9.17) is 0 Å². The molecule has 0 radical (unpaired) electrons. The molecule has 0 bridgehead atoms. The standard InChI is InChI=1S/C13H17NO/c15-13(11-4-1-5-12(11)13)7-6-10-3-2-8-14-9-10/h2-3,8-9,11-12,15H,1,4-7H2. The number of aliphatic hydroxyl groups is 1. The zero-order valence-electron chi connectivity index (χ0n) is 8.89. The minimum Gasteiger partial charge on any atom is -0.389 e. The van der Waals surface area contributed by atoms with Crippen LogP contribution in [0.2, 0.25) is 0 Å². The Balaban J connectivity index is 1.60. The van der Waals surface area contributed by atoms with Crippen molar-refractivity contribution in [2.75, 3.05) is 0 Å². The van der Waals surface area contributed by atoms with Gasteiger partial charge < -0.3 is 5.11 Å². The number of fused-ring (bicyclic) bond motifs is 1. The third kappa shape index (κ3) is 1.48. The molecule has 0 spiro atoms. The summed E-state index contributed by atoms with van der Waals surface area (Å²) in [6.07, 6.45) is 9.41. The Kier molecular flexibility index (Phi) is 2.06. The zero-order chi connectivity index (χ0) is 10.3. The van der Waals surface area contributed by atoms with Crippen molar-refractivity contribution in [3.8, 4) is 0 Å². The van der Waals surface area contributed by atoms with Crippen molar-refractivity contribution in [1.29, 1.82) is 0 Å². The summed E-state index contributed by atoms with van der Waals surface area (Å²) in [5, 5.41) is 10.3. The van der Waals surface area contributed by atoms with Crippen LogP contribution in [0.15, 0.2) is 24.5 Å². The lowest BCUT2D eigenvalue weighted by atomic mass is 10.0. The van der Waals surface area contributed by atoms with E-state index in [0.717, 1.165) is 12.8 Å². The Morgan fingerprint density at radius 1 is 1.40 bits per heavy atom. The lowest BCUT2D eigenvalue weighted by Gasteiger charge is -2.13. The fourth-order valence-corrected chi connectivity index (χ4v) is 3.31. The van der Waals surface area contributed by atoms with Crippen molar-refractivity contribution in [2.45, 2.75) is 37.7 Å². The molecule has 2 aliphatic carbocycles. The first-order chi connectivity index (χ1) is 7.31. The fourth-order valence-electron chi connectivity index (χ4n) is 3.31. The normalized spacial score (nSPS) is 37.7. The first kappa shape index (κ1) is 9.34. The number of nitrogens with zero attached hydrogens (tertiary/aromatic N) is 1. The van der Waals surface area contributed by atoms with Gasteiger partial charge in [0.15, 0.2) is 0 Å². The van der Waals surface area contributed by atoms with E-state index in [1.807, 2.05) is 12.3 Å². The van der Waals surface area contributed by atoms with Crippen LogP contribution in [0.5, 0.6) is 0 Å². The van der Waals surface area contributed by atoms with Crippen molar-refractivity contribution in [3.05, 3.63) is 30.1 Å². The van der Waals surface area contributed by atoms with Gasteiger partial charge >= 0.3 is 0 Å².